The Labute approximate surface area is 115 Å². The van der Waals surface area contributed by atoms with E-state index in [2.05, 4.69) is 5.32 Å². The number of para-hydroxylation sites is 1. The summed E-state index contributed by atoms with van der Waals surface area (Å²) < 4.78 is 5.18. The number of carbonyl (C=O) groups is 1. The first-order chi connectivity index (χ1) is 9.46. The Morgan fingerprint density at radius 3 is 2.65 bits per heavy atom. The van der Waals surface area contributed by atoms with Gasteiger partial charge in [0, 0.05) is 31.6 Å². The first-order valence-electron chi connectivity index (χ1n) is 6.29. The van der Waals surface area contributed by atoms with E-state index in [1.54, 1.807) is 19.1 Å². The lowest BCUT2D eigenvalue weighted by Gasteiger charge is -2.34. The first-order valence-corrected chi connectivity index (χ1v) is 6.29. The van der Waals surface area contributed by atoms with Crippen LogP contribution in [0.3, 0.4) is 0 Å². The predicted molar refractivity (Wildman–Crippen MR) is 71.9 cm³/mol. The topological polar surface area (TPSA) is 102 Å². The molecular weight excluding hydrogens is 264 g/mol. The Morgan fingerprint density at radius 2 is 2.10 bits per heavy atom. The van der Waals surface area contributed by atoms with Crippen LogP contribution in [-0.4, -0.2) is 34.8 Å². The number of nitrogens with one attached hydrogen (secondary N) is 1. The van der Waals surface area contributed by atoms with Gasteiger partial charge in [0.15, 0.2) is 0 Å². The molecular formula is C13H16N2O5. The average molecular weight is 280 g/mol. The van der Waals surface area contributed by atoms with E-state index in [1.165, 1.54) is 6.07 Å². The Kier molecular flexibility index (Phi) is 3.89. The van der Waals surface area contributed by atoms with Crippen LogP contribution in [0.4, 0.5) is 11.4 Å². The number of benzene rings is 1. The number of nitrogens with zero attached hydrogens (tertiary/aromatic N) is 1. The molecule has 7 heteroatoms. The van der Waals surface area contributed by atoms with Crippen molar-refractivity contribution in [1.29, 1.82) is 0 Å². The van der Waals surface area contributed by atoms with Gasteiger partial charge in [-0.3, -0.25) is 10.1 Å². The van der Waals surface area contributed by atoms with Crippen molar-refractivity contribution in [2.24, 2.45) is 0 Å². The fourth-order valence-electron chi connectivity index (χ4n) is 2.37. The van der Waals surface area contributed by atoms with Crippen LogP contribution in [0.1, 0.15) is 18.4 Å². The minimum Gasteiger partial charge on any atom is -0.480 e. The Morgan fingerprint density at radius 1 is 1.45 bits per heavy atom. The fourth-order valence-corrected chi connectivity index (χ4v) is 2.37. The number of anilines is 1. The molecule has 7 nitrogen and oxygen atoms in total. The van der Waals surface area contributed by atoms with Crippen LogP contribution >= 0.6 is 0 Å². The van der Waals surface area contributed by atoms with Crippen molar-refractivity contribution in [3.63, 3.8) is 0 Å². The Bertz CT molecular complexity index is 538. The normalized spacial score (nSPS) is 17.4. The molecule has 1 fully saturated rings. The van der Waals surface area contributed by atoms with Gasteiger partial charge in [0.2, 0.25) is 0 Å². The number of aryl methyl sites for hydroxylation is 1. The molecule has 1 aliphatic heterocycles. The Hall–Kier alpha value is -2.15. The molecule has 0 spiro atoms. The van der Waals surface area contributed by atoms with Gasteiger partial charge in [-0.2, -0.15) is 0 Å². The summed E-state index contributed by atoms with van der Waals surface area (Å²) in [6.07, 6.45) is 0.543. The monoisotopic (exact) mass is 280 g/mol. The SMILES string of the molecule is Cc1cccc(NC2(C(=O)O)CCOCC2)c1[N+](=O)[O-]. The molecule has 0 aliphatic carbocycles. The van der Waals surface area contributed by atoms with Crippen LogP contribution in [-0.2, 0) is 9.53 Å². The average Bonchev–Trinajstić information content (AvgIpc) is 2.39. The van der Waals surface area contributed by atoms with E-state index in [-0.39, 0.29) is 24.2 Å². The summed E-state index contributed by atoms with van der Waals surface area (Å²) in [6, 6.07) is 4.82. The van der Waals surface area contributed by atoms with Crippen molar-refractivity contribution in [3.05, 3.63) is 33.9 Å². The minimum absolute atomic E-state index is 0.0837. The molecule has 2 N–H and O–H groups in total. The molecule has 1 aromatic rings. The molecule has 0 bridgehead atoms. The van der Waals surface area contributed by atoms with Crippen LogP contribution < -0.4 is 5.32 Å². The zero-order chi connectivity index (χ0) is 14.8. The van der Waals surface area contributed by atoms with Gasteiger partial charge in [-0.05, 0) is 13.0 Å². The summed E-state index contributed by atoms with van der Waals surface area (Å²) in [5.74, 6) is -1.02. The molecule has 1 heterocycles. The smallest absolute Gasteiger partial charge is 0.329 e. The van der Waals surface area contributed by atoms with Crippen molar-refractivity contribution in [2.45, 2.75) is 25.3 Å². The van der Waals surface area contributed by atoms with E-state index in [0.717, 1.165) is 0 Å². The third-order valence-electron chi connectivity index (χ3n) is 3.55. The number of aliphatic carboxylic acids is 1. The van der Waals surface area contributed by atoms with E-state index in [9.17, 15) is 20.0 Å². The quantitative estimate of drug-likeness (QED) is 0.645. The number of ether oxygens (including phenoxy) is 1. The highest BCUT2D eigenvalue weighted by atomic mass is 16.6. The molecule has 108 valence electrons. The van der Waals surface area contributed by atoms with Crippen molar-refractivity contribution in [3.8, 4) is 0 Å². The second-order valence-electron chi connectivity index (χ2n) is 4.85. The highest BCUT2D eigenvalue weighted by Crippen LogP contribution is 2.33. The molecule has 0 unspecified atom stereocenters. The van der Waals surface area contributed by atoms with E-state index in [0.29, 0.717) is 18.8 Å². The maximum atomic E-state index is 11.6. The number of hydrogen-bond acceptors (Lipinski definition) is 5. The number of hydrogen-bond donors (Lipinski definition) is 2. The molecule has 2 rings (SSSR count). The van der Waals surface area contributed by atoms with E-state index < -0.39 is 16.4 Å². The lowest BCUT2D eigenvalue weighted by Crippen LogP contribution is -2.50. The predicted octanol–water partition coefficient (Wildman–Crippen LogP) is 1.95. The lowest BCUT2D eigenvalue weighted by atomic mass is 9.89. The lowest BCUT2D eigenvalue weighted by molar-refractivity contribution is -0.384. The van der Waals surface area contributed by atoms with Crippen molar-refractivity contribution < 1.29 is 19.6 Å². The summed E-state index contributed by atoms with van der Waals surface area (Å²) in [7, 11) is 0. The zero-order valence-corrected chi connectivity index (χ0v) is 11.1. The van der Waals surface area contributed by atoms with Gasteiger partial charge in [-0.15, -0.1) is 0 Å². The van der Waals surface area contributed by atoms with Gasteiger partial charge in [-0.1, -0.05) is 12.1 Å². The third kappa shape index (κ3) is 2.57. The summed E-state index contributed by atoms with van der Waals surface area (Å²) in [4.78, 5) is 22.2. The summed E-state index contributed by atoms with van der Waals surface area (Å²) in [6.45, 7) is 2.26. The van der Waals surface area contributed by atoms with Gasteiger partial charge >= 0.3 is 5.97 Å². The van der Waals surface area contributed by atoms with Crippen molar-refractivity contribution >= 4 is 17.3 Å². The number of carboxylic acid groups (broad SMARTS) is 1. The molecule has 1 aromatic carbocycles. The van der Waals surface area contributed by atoms with Crippen LogP contribution in [0.5, 0.6) is 0 Å². The largest absolute Gasteiger partial charge is 0.480 e. The minimum atomic E-state index is -1.21. The Balaban J connectivity index is 2.39. The molecule has 1 aliphatic rings. The molecule has 20 heavy (non-hydrogen) atoms. The highest BCUT2D eigenvalue weighted by molar-refractivity contribution is 5.84. The highest BCUT2D eigenvalue weighted by Gasteiger charge is 2.41. The van der Waals surface area contributed by atoms with E-state index in [1.807, 2.05) is 0 Å². The molecule has 0 amide bonds. The van der Waals surface area contributed by atoms with Crippen LogP contribution in [0.15, 0.2) is 18.2 Å². The standard InChI is InChI=1S/C13H16N2O5/c1-9-3-2-4-10(11(9)15(18)19)14-13(12(16)17)5-7-20-8-6-13/h2-4,14H,5-8H2,1H3,(H,16,17). The maximum Gasteiger partial charge on any atom is 0.329 e. The maximum absolute atomic E-state index is 11.6. The second kappa shape index (κ2) is 5.46. The van der Waals surface area contributed by atoms with Crippen LogP contribution in [0, 0.1) is 17.0 Å². The zero-order valence-electron chi connectivity index (χ0n) is 11.1. The summed E-state index contributed by atoms with van der Waals surface area (Å²) in [5.41, 5.74) is -0.567. The van der Waals surface area contributed by atoms with Gasteiger partial charge in [0.05, 0.1) is 4.92 Å². The molecule has 1 saturated heterocycles. The molecule has 0 saturated carbocycles. The van der Waals surface area contributed by atoms with E-state index in [4.69, 9.17) is 4.74 Å². The van der Waals surface area contributed by atoms with Crippen molar-refractivity contribution in [2.75, 3.05) is 18.5 Å². The third-order valence-corrected chi connectivity index (χ3v) is 3.55. The summed E-state index contributed by atoms with van der Waals surface area (Å²) in [5, 5.41) is 23.5. The summed E-state index contributed by atoms with van der Waals surface area (Å²) >= 11 is 0. The molecule has 0 atom stereocenters. The number of nitro groups is 1. The van der Waals surface area contributed by atoms with Gasteiger partial charge in [0.1, 0.15) is 11.2 Å². The number of rotatable bonds is 4. The van der Waals surface area contributed by atoms with Gasteiger partial charge in [-0.25, -0.2) is 4.79 Å². The van der Waals surface area contributed by atoms with E-state index >= 15 is 0 Å². The number of carboxylic acids is 1. The molecule has 0 radical (unpaired) electrons. The second-order valence-corrected chi connectivity index (χ2v) is 4.85. The van der Waals surface area contributed by atoms with Gasteiger partial charge < -0.3 is 15.2 Å². The van der Waals surface area contributed by atoms with Crippen LogP contribution in [0.2, 0.25) is 0 Å². The fraction of sp³-hybridized carbons (Fsp3) is 0.462. The molecule has 0 aromatic heterocycles. The van der Waals surface area contributed by atoms with Gasteiger partial charge in [0.25, 0.3) is 5.69 Å². The van der Waals surface area contributed by atoms with Crippen molar-refractivity contribution in [1.82, 2.24) is 0 Å². The number of nitro benzene ring substituents is 1. The van der Waals surface area contributed by atoms with Crippen LogP contribution in [0.25, 0.3) is 0 Å². The first kappa shape index (κ1) is 14.3.